The Kier molecular flexibility index (Phi) is 7.75. The molecule has 2 heterocycles. The van der Waals surface area contributed by atoms with E-state index in [1.807, 2.05) is 24.3 Å². The number of hydrogen-bond acceptors (Lipinski definition) is 6. The Balaban J connectivity index is 1.32. The van der Waals surface area contributed by atoms with Gasteiger partial charge < -0.3 is 25.0 Å². The first kappa shape index (κ1) is 25.7. The molecule has 1 saturated carbocycles. The molecule has 2 aromatic rings. The molecule has 3 aliphatic rings. The highest BCUT2D eigenvalue weighted by molar-refractivity contribution is 6.18. The number of benzene rings is 2. The highest BCUT2D eigenvalue weighted by Crippen LogP contribution is 2.73. The largest absolute Gasteiger partial charge is 0.493 e. The summed E-state index contributed by atoms with van der Waals surface area (Å²) in [7, 11) is 0. The van der Waals surface area contributed by atoms with Gasteiger partial charge in [-0.1, -0.05) is 18.2 Å². The number of nitrogens with one attached hydrogen (secondary N) is 2. The van der Waals surface area contributed by atoms with E-state index in [2.05, 4.69) is 51.6 Å². The monoisotopic (exact) mass is 523 g/mol. The highest BCUT2D eigenvalue weighted by Gasteiger charge is 2.74. The van der Waals surface area contributed by atoms with Crippen LogP contribution in [0.3, 0.4) is 0 Å². The van der Waals surface area contributed by atoms with Crippen molar-refractivity contribution in [1.82, 2.24) is 10.2 Å². The fourth-order valence-corrected chi connectivity index (χ4v) is 6.14. The van der Waals surface area contributed by atoms with Gasteiger partial charge in [0.25, 0.3) is 0 Å². The molecule has 8 nitrogen and oxygen atoms in total. The van der Waals surface area contributed by atoms with Crippen LogP contribution in [-0.2, 0) is 10.3 Å². The summed E-state index contributed by atoms with van der Waals surface area (Å²) in [6.45, 7) is 8.55. The van der Waals surface area contributed by atoms with E-state index in [0.29, 0.717) is 24.7 Å². The standard InChI is InChI=1S/C28H34ClN5O3/c1-2-34-25-18-22(37-14-4-11-33-12-15-36-16-13-33)7-8-23(25)26-24(19-30)28(26,34)20-5-3-6-21(17-20)32-27(35)31-10-9-29/h3,5-8,17-18,24,26H,2,4,9-16H2,1H3,(H2,31,32,35). The average Bonchev–Trinajstić information content (AvgIpc) is 3.51. The van der Waals surface area contributed by atoms with E-state index < -0.39 is 5.54 Å². The molecule has 9 heteroatoms. The Bertz CT molecular complexity index is 1160. The van der Waals surface area contributed by atoms with Gasteiger partial charge in [-0.15, -0.1) is 11.6 Å². The molecule has 2 amide bonds. The van der Waals surface area contributed by atoms with Gasteiger partial charge in [-0.05, 0) is 42.7 Å². The first-order valence-electron chi connectivity index (χ1n) is 13.1. The summed E-state index contributed by atoms with van der Waals surface area (Å²) >= 11 is 5.68. The topological polar surface area (TPSA) is 89.9 Å². The van der Waals surface area contributed by atoms with Crippen LogP contribution in [0.25, 0.3) is 0 Å². The van der Waals surface area contributed by atoms with Crippen molar-refractivity contribution < 1.29 is 14.3 Å². The van der Waals surface area contributed by atoms with Gasteiger partial charge in [0.1, 0.15) is 5.75 Å². The van der Waals surface area contributed by atoms with E-state index in [1.165, 1.54) is 5.56 Å². The summed E-state index contributed by atoms with van der Waals surface area (Å²) in [6, 6.07) is 16.4. The molecule has 2 aromatic carbocycles. The van der Waals surface area contributed by atoms with E-state index in [0.717, 1.165) is 62.8 Å². The molecule has 0 radical (unpaired) electrons. The molecule has 2 fully saturated rings. The number of alkyl halides is 1. The Morgan fingerprint density at radius 2 is 2.11 bits per heavy atom. The Morgan fingerprint density at radius 3 is 2.86 bits per heavy atom. The summed E-state index contributed by atoms with van der Waals surface area (Å²) in [5.41, 5.74) is 3.60. The minimum Gasteiger partial charge on any atom is -0.493 e. The summed E-state index contributed by atoms with van der Waals surface area (Å²) in [4.78, 5) is 16.9. The molecule has 1 aliphatic carbocycles. The number of halogens is 1. The second-order valence-electron chi connectivity index (χ2n) is 9.68. The molecule has 1 saturated heterocycles. The molecule has 37 heavy (non-hydrogen) atoms. The predicted molar refractivity (Wildman–Crippen MR) is 145 cm³/mol. The first-order valence-corrected chi connectivity index (χ1v) is 13.6. The van der Waals surface area contributed by atoms with Gasteiger partial charge in [0.05, 0.1) is 37.3 Å². The number of fused-ring (bicyclic) bond motifs is 3. The smallest absolute Gasteiger partial charge is 0.319 e. The van der Waals surface area contributed by atoms with Crippen LogP contribution in [0.5, 0.6) is 5.75 Å². The number of hydrogen-bond donors (Lipinski definition) is 2. The third-order valence-electron chi connectivity index (χ3n) is 7.66. The molecule has 2 aliphatic heterocycles. The van der Waals surface area contributed by atoms with Crippen molar-refractivity contribution in [3.05, 3.63) is 53.6 Å². The SMILES string of the molecule is CCN1c2cc(OCCCN3CCOCC3)ccc2C2C(C#N)C21c1cccc(NC(=O)NCCCl)c1. The number of ether oxygens (including phenoxy) is 2. The number of nitrogens with zero attached hydrogens (tertiary/aromatic N) is 3. The zero-order valence-electron chi connectivity index (χ0n) is 21.2. The Labute approximate surface area is 223 Å². The van der Waals surface area contributed by atoms with Gasteiger partial charge in [-0.2, -0.15) is 5.26 Å². The average molecular weight is 524 g/mol. The van der Waals surface area contributed by atoms with Crippen molar-refractivity contribution in [3.63, 3.8) is 0 Å². The second kappa shape index (κ2) is 11.2. The molecule has 196 valence electrons. The van der Waals surface area contributed by atoms with Crippen molar-refractivity contribution >= 4 is 29.0 Å². The van der Waals surface area contributed by atoms with Crippen LogP contribution in [0.2, 0.25) is 0 Å². The van der Waals surface area contributed by atoms with Gasteiger partial charge in [-0.3, -0.25) is 4.90 Å². The van der Waals surface area contributed by atoms with Crippen LogP contribution in [0.4, 0.5) is 16.2 Å². The number of rotatable bonds is 10. The maximum atomic E-state index is 12.2. The van der Waals surface area contributed by atoms with Gasteiger partial charge in [0.2, 0.25) is 0 Å². The van der Waals surface area contributed by atoms with Crippen molar-refractivity contribution in [3.8, 4) is 11.8 Å². The third-order valence-corrected chi connectivity index (χ3v) is 7.85. The molecule has 0 aromatic heterocycles. The summed E-state index contributed by atoms with van der Waals surface area (Å²) < 4.78 is 11.6. The van der Waals surface area contributed by atoms with Crippen LogP contribution in [0.15, 0.2) is 42.5 Å². The summed E-state index contributed by atoms with van der Waals surface area (Å²) in [5, 5.41) is 15.7. The predicted octanol–water partition coefficient (Wildman–Crippen LogP) is 4.12. The molecule has 2 N–H and O–H groups in total. The van der Waals surface area contributed by atoms with Crippen molar-refractivity contribution in [2.24, 2.45) is 5.92 Å². The first-order chi connectivity index (χ1) is 18.1. The van der Waals surface area contributed by atoms with E-state index in [9.17, 15) is 10.1 Å². The van der Waals surface area contributed by atoms with E-state index in [4.69, 9.17) is 21.1 Å². The number of urea groups is 1. The molecular weight excluding hydrogens is 490 g/mol. The van der Waals surface area contributed by atoms with Crippen LogP contribution in [0.1, 0.15) is 30.4 Å². The number of anilines is 2. The van der Waals surface area contributed by atoms with Gasteiger partial charge in [0.15, 0.2) is 0 Å². The quantitative estimate of drug-likeness (QED) is 0.360. The number of morpholine rings is 1. The van der Waals surface area contributed by atoms with Crippen molar-refractivity contribution in [2.75, 3.05) is 68.6 Å². The zero-order chi connectivity index (χ0) is 25.8. The molecule has 5 rings (SSSR count). The Morgan fingerprint density at radius 1 is 1.27 bits per heavy atom. The fourth-order valence-electron chi connectivity index (χ4n) is 6.04. The third kappa shape index (κ3) is 4.84. The normalized spacial score (nSPS) is 24.1. The molecule has 3 atom stereocenters. The maximum absolute atomic E-state index is 12.2. The number of carbonyl (C=O) groups is 1. The van der Waals surface area contributed by atoms with Crippen molar-refractivity contribution in [2.45, 2.75) is 24.8 Å². The minimum atomic E-state index is -0.439. The van der Waals surface area contributed by atoms with Crippen LogP contribution < -0.4 is 20.3 Å². The van der Waals surface area contributed by atoms with Gasteiger partial charge in [0, 0.05) is 62.0 Å². The van der Waals surface area contributed by atoms with Gasteiger partial charge in [-0.25, -0.2) is 4.79 Å². The number of nitriles is 1. The van der Waals surface area contributed by atoms with E-state index >= 15 is 0 Å². The lowest BCUT2D eigenvalue weighted by Gasteiger charge is -2.32. The number of likely N-dealkylation sites (N-methyl/N-ethyl adjacent to an activating group) is 1. The summed E-state index contributed by atoms with van der Waals surface area (Å²) in [6.07, 6.45) is 0.968. The van der Waals surface area contributed by atoms with E-state index in [-0.39, 0.29) is 17.9 Å². The van der Waals surface area contributed by atoms with Crippen LogP contribution in [0, 0.1) is 17.2 Å². The number of amides is 2. The molecule has 3 unspecified atom stereocenters. The molecule has 0 bridgehead atoms. The summed E-state index contributed by atoms with van der Waals surface area (Å²) in [5.74, 6) is 1.14. The fraction of sp³-hybridized carbons (Fsp3) is 0.500. The lowest BCUT2D eigenvalue weighted by atomic mass is 9.99. The molecular formula is C28H34ClN5O3. The second-order valence-corrected chi connectivity index (χ2v) is 10.1. The van der Waals surface area contributed by atoms with Crippen LogP contribution in [-0.4, -0.2) is 69.4 Å². The van der Waals surface area contributed by atoms with E-state index in [1.54, 1.807) is 0 Å². The minimum absolute atomic E-state index is 0.0862. The lowest BCUT2D eigenvalue weighted by Crippen LogP contribution is -2.37. The highest BCUT2D eigenvalue weighted by atomic mass is 35.5. The van der Waals surface area contributed by atoms with Crippen LogP contribution >= 0.6 is 11.6 Å². The van der Waals surface area contributed by atoms with Gasteiger partial charge >= 0.3 is 6.03 Å². The molecule has 0 spiro atoms. The number of carbonyl (C=O) groups excluding carboxylic acids is 1. The Hall–Kier alpha value is -2.99. The lowest BCUT2D eigenvalue weighted by molar-refractivity contribution is 0.0358. The maximum Gasteiger partial charge on any atom is 0.319 e. The zero-order valence-corrected chi connectivity index (χ0v) is 22.0. The van der Waals surface area contributed by atoms with Crippen molar-refractivity contribution in [1.29, 1.82) is 5.26 Å².